The quantitative estimate of drug-likeness (QED) is 0.730. The van der Waals surface area contributed by atoms with Crippen LogP contribution in [0.3, 0.4) is 0 Å². The summed E-state index contributed by atoms with van der Waals surface area (Å²) in [5.41, 5.74) is 0. The molecule has 13 heavy (non-hydrogen) atoms. The van der Waals surface area contributed by atoms with Gasteiger partial charge in [0.2, 0.25) is 0 Å². The molecule has 0 aromatic rings. The van der Waals surface area contributed by atoms with E-state index in [0.29, 0.717) is 0 Å². The van der Waals surface area contributed by atoms with Gasteiger partial charge in [-0.25, -0.2) is 0 Å². The second-order valence-electron chi connectivity index (χ2n) is 2.98. The van der Waals surface area contributed by atoms with E-state index >= 15 is 0 Å². The zero-order valence-corrected chi connectivity index (χ0v) is 6.67. The van der Waals surface area contributed by atoms with E-state index in [9.17, 15) is 18.0 Å². The Morgan fingerprint density at radius 1 is 1.54 bits per heavy atom. The Labute approximate surface area is 72.5 Å². The van der Waals surface area contributed by atoms with Crippen molar-refractivity contribution in [3.63, 3.8) is 0 Å². The van der Waals surface area contributed by atoms with E-state index in [0.717, 1.165) is 0 Å². The molecule has 1 saturated heterocycles. The number of halogens is 3. The Hall–Kier alpha value is -0.780. The normalized spacial score (nSPS) is 29.2. The fraction of sp³-hybridized carbons (Fsp3) is 0.857. The van der Waals surface area contributed by atoms with Crippen LogP contribution in [0.4, 0.5) is 13.2 Å². The van der Waals surface area contributed by atoms with Gasteiger partial charge in [0.05, 0.1) is 6.42 Å². The van der Waals surface area contributed by atoms with Crippen molar-refractivity contribution in [1.82, 2.24) is 0 Å². The number of hydrogen-bond donors (Lipinski definition) is 1. The minimum atomic E-state index is -4.45. The molecule has 1 aliphatic rings. The number of carbonyl (C=O) groups is 1. The summed E-state index contributed by atoms with van der Waals surface area (Å²) >= 11 is 0. The lowest BCUT2D eigenvalue weighted by atomic mass is 9.97. The molecule has 1 N–H and O–H groups in total. The van der Waals surface area contributed by atoms with Gasteiger partial charge in [-0.3, -0.25) is 4.79 Å². The molecule has 6 heteroatoms. The van der Waals surface area contributed by atoms with E-state index in [2.05, 4.69) is 4.74 Å². The highest BCUT2D eigenvalue weighted by molar-refractivity contribution is 5.67. The summed E-state index contributed by atoms with van der Waals surface area (Å²) in [6.07, 6.45) is -6.67. The van der Waals surface area contributed by atoms with Crippen LogP contribution >= 0.6 is 0 Å². The molecule has 0 aromatic heterocycles. The Balaban J connectivity index is 2.59. The lowest BCUT2D eigenvalue weighted by molar-refractivity contribution is -0.217. The third-order valence-corrected chi connectivity index (χ3v) is 1.97. The van der Waals surface area contributed by atoms with Gasteiger partial charge in [-0.15, -0.1) is 0 Å². The average Bonchev–Trinajstić information content (AvgIpc) is 2.31. The van der Waals surface area contributed by atoms with Crippen LogP contribution in [0.15, 0.2) is 0 Å². The highest BCUT2D eigenvalue weighted by Gasteiger charge is 2.48. The van der Waals surface area contributed by atoms with Crippen LogP contribution in [0, 0.1) is 5.92 Å². The smallest absolute Gasteiger partial charge is 0.414 e. The van der Waals surface area contributed by atoms with Crippen molar-refractivity contribution in [1.29, 1.82) is 0 Å². The summed E-state index contributed by atoms with van der Waals surface area (Å²) in [6, 6.07) is 0. The van der Waals surface area contributed by atoms with Gasteiger partial charge < -0.3 is 9.84 Å². The van der Waals surface area contributed by atoms with Crippen molar-refractivity contribution in [2.24, 2.45) is 5.92 Å². The number of carboxylic acids is 1. The molecule has 0 radical (unpaired) electrons. The largest absolute Gasteiger partial charge is 0.481 e. The number of carboxylic acid groups (broad SMARTS) is 1. The molecular formula is C7H9F3O3. The predicted octanol–water partition coefficient (Wildman–Crippen LogP) is 1.43. The lowest BCUT2D eigenvalue weighted by Crippen LogP contribution is -2.34. The molecule has 0 aliphatic carbocycles. The van der Waals surface area contributed by atoms with Gasteiger partial charge in [-0.05, 0) is 6.42 Å². The van der Waals surface area contributed by atoms with Crippen molar-refractivity contribution >= 4 is 5.97 Å². The average molecular weight is 198 g/mol. The van der Waals surface area contributed by atoms with E-state index in [1.54, 1.807) is 0 Å². The molecule has 0 saturated carbocycles. The molecule has 0 bridgehead atoms. The Kier molecular flexibility index (Phi) is 2.80. The number of alkyl halides is 3. The fourth-order valence-corrected chi connectivity index (χ4v) is 1.43. The first kappa shape index (κ1) is 10.3. The minimum absolute atomic E-state index is 0.0118. The molecule has 1 heterocycles. The summed E-state index contributed by atoms with van der Waals surface area (Å²) in [5, 5.41) is 8.33. The number of rotatable bonds is 2. The maximum absolute atomic E-state index is 12.1. The lowest BCUT2D eigenvalue weighted by Gasteiger charge is -2.19. The second kappa shape index (κ2) is 3.53. The molecule has 0 aromatic carbocycles. The topological polar surface area (TPSA) is 46.5 Å². The molecule has 0 unspecified atom stereocenters. The van der Waals surface area contributed by atoms with Crippen molar-refractivity contribution in [3.8, 4) is 0 Å². The first-order valence-electron chi connectivity index (χ1n) is 3.81. The molecule has 3 nitrogen and oxygen atoms in total. The maximum Gasteiger partial charge on any atom is 0.414 e. The van der Waals surface area contributed by atoms with Crippen LogP contribution in [0.1, 0.15) is 12.8 Å². The molecule has 2 atom stereocenters. The van der Waals surface area contributed by atoms with Gasteiger partial charge >= 0.3 is 12.1 Å². The highest BCUT2D eigenvalue weighted by Crippen LogP contribution is 2.36. The molecular weight excluding hydrogens is 189 g/mol. The second-order valence-corrected chi connectivity index (χ2v) is 2.98. The van der Waals surface area contributed by atoms with Crippen LogP contribution < -0.4 is 0 Å². The molecule has 0 spiro atoms. The van der Waals surface area contributed by atoms with E-state index in [1.807, 2.05) is 0 Å². The van der Waals surface area contributed by atoms with Gasteiger partial charge in [0, 0.05) is 12.5 Å². The van der Waals surface area contributed by atoms with Gasteiger partial charge in [-0.2, -0.15) is 13.2 Å². The third kappa shape index (κ3) is 2.58. The van der Waals surface area contributed by atoms with Gasteiger partial charge in [-0.1, -0.05) is 0 Å². The van der Waals surface area contributed by atoms with Crippen LogP contribution in [0.5, 0.6) is 0 Å². The van der Waals surface area contributed by atoms with E-state index in [1.165, 1.54) is 0 Å². The first-order chi connectivity index (χ1) is 5.91. The SMILES string of the molecule is O=C(O)C[C@@H]1CCO[C@H]1C(F)(F)F. The fourth-order valence-electron chi connectivity index (χ4n) is 1.43. The number of aliphatic carboxylic acids is 1. The molecule has 1 aliphatic heterocycles. The summed E-state index contributed by atoms with van der Waals surface area (Å²) in [4.78, 5) is 10.2. The van der Waals surface area contributed by atoms with Crippen molar-refractivity contribution in [2.45, 2.75) is 25.1 Å². The van der Waals surface area contributed by atoms with Gasteiger partial charge in [0.1, 0.15) is 0 Å². The van der Waals surface area contributed by atoms with Crippen LogP contribution in [0.25, 0.3) is 0 Å². The van der Waals surface area contributed by atoms with Crippen LogP contribution in [-0.2, 0) is 9.53 Å². The summed E-state index contributed by atoms with van der Waals surface area (Å²) < 4.78 is 40.9. The summed E-state index contributed by atoms with van der Waals surface area (Å²) in [6.45, 7) is -0.0118. The maximum atomic E-state index is 12.1. The first-order valence-corrected chi connectivity index (χ1v) is 3.81. The zero-order chi connectivity index (χ0) is 10.1. The van der Waals surface area contributed by atoms with Crippen molar-refractivity contribution < 1.29 is 27.8 Å². The van der Waals surface area contributed by atoms with Gasteiger partial charge in [0.15, 0.2) is 6.10 Å². The van der Waals surface area contributed by atoms with E-state index in [-0.39, 0.29) is 13.0 Å². The standard InChI is InChI=1S/C7H9F3O3/c8-7(9,10)6-4(1-2-13-6)3-5(11)12/h4,6H,1-3H2,(H,11,12)/t4-,6+/m0/s1. The monoisotopic (exact) mass is 198 g/mol. The van der Waals surface area contributed by atoms with Crippen LogP contribution in [0.2, 0.25) is 0 Å². The van der Waals surface area contributed by atoms with E-state index in [4.69, 9.17) is 5.11 Å². The summed E-state index contributed by atoms with van der Waals surface area (Å²) in [5.74, 6) is -2.15. The number of ether oxygens (including phenoxy) is 1. The highest BCUT2D eigenvalue weighted by atomic mass is 19.4. The molecule has 1 fully saturated rings. The Bertz CT molecular complexity index is 202. The summed E-state index contributed by atoms with van der Waals surface area (Å²) in [7, 11) is 0. The van der Waals surface area contributed by atoms with Crippen molar-refractivity contribution in [3.05, 3.63) is 0 Å². The third-order valence-electron chi connectivity index (χ3n) is 1.97. The van der Waals surface area contributed by atoms with Crippen LogP contribution in [-0.4, -0.2) is 30.0 Å². The number of hydrogen-bond acceptors (Lipinski definition) is 2. The van der Waals surface area contributed by atoms with E-state index < -0.39 is 30.6 Å². The minimum Gasteiger partial charge on any atom is -0.481 e. The Morgan fingerprint density at radius 3 is 2.62 bits per heavy atom. The molecule has 1 rings (SSSR count). The molecule has 76 valence electrons. The molecule has 0 amide bonds. The van der Waals surface area contributed by atoms with Crippen molar-refractivity contribution in [2.75, 3.05) is 6.61 Å². The predicted molar refractivity (Wildman–Crippen MR) is 36.2 cm³/mol. The Morgan fingerprint density at radius 2 is 2.15 bits per heavy atom. The van der Waals surface area contributed by atoms with Gasteiger partial charge in [0.25, 0.3) is 0 Å². The zero-order valence-electron chi connectivity index (χ0n) is 6.67.